The molecule has 146 valence electrons. The van der Waals surface area contributed by atoms with E-state index in [0.717, 1.165) is 45.3 Å². The van der Waals surface area contributed by atoms with Crippen LogP contribution in [0.4, 0.5) is 0 Å². The minimum atomic E-state index is -3.47. The van der Waals surface area contributed by atoms with Crippen LogP contribution in [-0.4, -0.2) is 74.2 Å². The Morgan fingerprint density at radius 1 is 1.27 bits per heavy atom. The minimum absolute atomic E-state index is 0.103. The molecule has 1 aromatic heterocycles. The molecule has 2 aliphatic rings. The molecule has 6 nitrogen and oxygen atoms in total. The van der Waals surface area contributed by atoms with Crippen LogP contribution in [0.3, 0.4) is 0 Å². The van der Waals surface area contributed by atoms with Crippen LogP contribution < -0.4 is 0 Å². The molecular formula is C18H29N3O3S2. The van der Waals surface area contributed by atoms with E-state index in [1.54, 1.807) is 17.5 Å². The van der Waals surface area contributed by atoms with Crippen molar-refractivity contribution in [2.75, 3.05) is 39.8 Å². The van der Waals surface area contributed by atoms with Gasteiger partial charge < -0.3 is 9.80 Å². The van der Waals surface area contributed by atoms with E-state index in [4.69, 9.17) is 0 Å². The maximum Gasteiger partial charge on any atom is 0.252 e. The van der Waals surface area contributed by atoms with E-state index < -0.39 is 10.0 Å². The van der Waals surface area contributed by atoms with E-state index in [0.29, 0.717) is 17.3 Å². The first-order valence-electron chi connectivity index (χ1n) is 9.46. The van der Waals surface area contributed by atoms with Crippen LogP contribution in [0.1, 0.15) is 32.6 Å². The molecule has 2 aliphatic heterocycles. The Bertz CT molecular complexity index is 697. The molecule has 3 rings (SSSR count). The third-order valence-corrected chi connectivity index (χ3v) is 8.96. The first kappa shape index (κ1) is 19.8. The number of thiophene rings is 1. The number of hydrogen-bond donors (Lipinski definition) is 0. The van der Waals surface area contributed by atoms with E-state index in [9.17, 15) is 13.2 Å². The molecule has 0 N–H and O–H groups in total. The van der Waals surface area contributed by atoms with Gasteiger partial charge in [0.1, 0.15) is 4.21 Å². The summed E-state index contributed by atoms with van der Waals surface area (Å²) in [5.41, 5.74) is 0. The number of nitrogens with zero attached hydrogens (tertiary/aromatic N) is 3. The normalized spacial score (nSPS) is 23.8. The van der Waals surface area contributed by atoms with Crippen LogP contribution in [0.25, 0.3) is 0 Å². The van der Waals surface area contributed by atoms with Gasteiger partial charge in [0, 0.05) is 39.3 Å². The smallest absolute Gasteiger partial charge is 0.252 e. The minimum Gasteiger partial charge on any atom is -0.342 e. The van der Waals surface area contributed by atoms with Crippen LogP contribution in [0.5, 0.6) is 0 Å². The topological polar surface area (TPSA) is 60.9 Å². The van der Waals surface area contributed by atoms with Crippen molar-refractivity contribution in [3.05, 3.63) is 17.5 Å². The van der Waals surface area contributed by atoms with Gasteiger partial charge in [-0.05, 0) is 43.7 Å². The molecule has 1 atom stereocenters. The van der Waals surface area contributed by atoms with Crippen LogP contribution in [0.15, 0.2) is 21.7 Å². The second kappa shape index (κ2) is 8.37. The molecule has 0 saturated carbocycles. The number of likely N-dealkylation sites (tertiary alicyclic amines) is 1. The maximum atomic E-state index is 13.0. The van der Waals surface area contributed by atoms with Gasteiger partial charge in [-0.25, -0.2) is 8.42 Å². The first-order valence-corrected chi connectivity index (χ1v) is 11.8. The number of carbonyl (C=O) groups excluding carboxylic acids is 1. The molecule has 0 aliphatic carbocycles. The zero-order chi connectivity index (χ0) is 18.7. The summed E-state index contributed by atoms with van der Waals surface area (Å²) >= 11 is 1.23. The van der Waals surface area contributed by atoms with Crippen molar-refractivity contribution in [3.8, 4) is 0 Å². The third kappa shape index (κ3) is 4.13. The van der Waals surface area contributed by atoms with E-state index >= 15 is 0 Å². The largest absolute Gasteiger partial charge is 0.342 e. The average Bonchev–Trinajstić information content (AvgIpc) is 3.23. The lowest BCUT2D eigenvalue weighted by molar-refractivity contribution is -0.138. The highest BCUT2D eigenvalue weighted by atomic mass is 32.2. The molecule has 2 fully saturated rings. The van der Waals surface area contributed by atoms with Crippen LogP contribution in [-0.2, 0) is 14.8 Å². The number of piperidine rings is 2. The molecule has 2 saturated heterocycles. The van der Waals surface area contributed by atoms with Crippen molar-refractivity contribution in [2.24, 2.45) is 5.92 Å². The summed E-state index contributed by atoms with van der Waals surface area (Å²) in [5, 5.41) is 1.77. The number of amides is 1. The Kier molecular flexibility index (Phi) is 6.37. The molecular weight excluding hydrogens is 370 g/mol. The van der Waals surface area contributed by atoms with Gasteiger partial charge in [-0.1, -0.05) is 13.0 Å². The molecule has 1 amide bonds. The van der Waals surface area contributed by atoms with Crippen molar-refractivity contribution in [1.29, 1.82) is 0 Å². The fourth-order valence-corrected chi connectivity index (χ4v) is 6.66. The summed E-state index contributed by atoms with van der Waals surface area (Å²) in [7, 11) is -1.58. The van der Waals surface area contributed by atoms with Gasteiger partial charge in [-0.2, -0.15) is 4.31 Å². The monoisotopic (exact) mass is 399 g/mol. The molecule has 1 aromatic rings. The van der Waals surface area contributed by atoms with Gasteiger partial charge in [0.2, 0.25) is 5.91 Å². The number of rotatable bonds is 5. The average molecular weight is 400 g/mol. The summed E-state index contributed by atoms with van der Waals surface area (Å²) in [6.07, 6.45) is 3.51. The van der Waals surface area contributed by atoms with Gasteiger partial charge in [0.15, 0.2) is 0 Å². The zero-order valence-electron chi connectivity index (χ0n) is 15.6. The molecule has 0 spiro atoms. The highest BCUT2D eigenvalue weighted by Gasteiger charge is 2.36. The Balaban J connectivity index is 1.63. The predicted molar refractivity (Wildman–Crippen MR) is 104 cm³/mol. The molecule has 0 aromatic carbocycles. The number of carbonyl (C=O) groups is 1. The molecule has 26 heavy (non-hydrogen) atoms. The predicted octanol–water partition coefficient (Wildman–Crippen LogP) is 2.09. The molecule has 8 heteroatoms. The Labute approximate surface area is 160 Å². The highest BCUT2D eigenvalue weighted by Crippen LogP contribution is 2.28. The van der Waals surface area contributed by atoms with E-state index in [1.807, 2.05) is 11.9 Å². The number of hydrogen-bond acceptors (Lipinski definition) is 5. The molecule has 0 bridgehead atoms. The highest BCUT2D eigenvalue weighted by molar-refractivity contribution is 7.91. The van der Waals surface area contributed by atoms with Crippen molar-refractivity contribution in [2.45, 2.75) is 42.9 Å². The number of sulfonamides is 1. The lowest BCUT2D eigenvalue weighted by atomic mass is 9.96. The lowest BCUT2D eigenvalue weighted by Crippen LogP contribution is -2.50. The summed E-state index contributed by atoms with van der Waals surface area (Å²) in [4.78, 5) is 17.3. The standard InChI is InChI=1S/C18H29N3O3S2/c1-3-20-11-8-16(9-12-20)19(2)18(22)15-6-4-10-21(14-15)26(23,24)17-7-5-13-25-17/h5,7,13,15-16H,3-4,6,8-12,14H2,1-2H3. The summed E-state index contributed by atoms with van der Waals surface area (Å²) in [6.45, 7) is 6.09. The van der Waals surface area contributed by atoms with Crippen molar-refractivity contribution in [1.82, 2.24) is 14.1 Å². The van der Waals surface area contributed by atoms with Gasteiger partial charge in [0.25, 0.3) is 10.0 Å². The van der Waals surface area contributed by atoms with Crippen LogP contribution in [0, 0.1) is 5.92 Å². The van der Waals surface area contributed by atoms with Crippen LogP contribution >= 0.6 is 11.3 Å². The fourth-order valence-electron chi connectivity index (χ4n) is 3.99. The van der Waals surface area contributed by atoms with E-state index in [1.165, 1.54) is 15.6 Å². The van der Waals surface area contributed by atoms with Crippen molar-refractivity contribution < 1.29 is 13.2 Å². The van der Waals surface area contributed by atoms with Gasteiger partial charge >= 0.3 is 0 Å². The fraction of sp³-hybridized carbons (Fsp3) is 0.722. The Morgan fingerprint density at radius 2 is 2.00 bits per heavy atom. The van der Waals surface area contributed by atoms with Gasteiger partial charge in [0.05, 0.1) is 5.92 Å². The SMILES string of the molecule is CCN1CCC(N(C)C(=O)C2CCCN(S(=O)(=O)c3cccs3)C2)CC1. The van der Waals surface area contributed by atoms with Crippen LogP contribution in [0.2, 0.25) is 0 Å². The Hall–Kier alpha value is -0.960. The van der Waals surface area contributed by atoms with E-state index in [2.05, 4.69) is 11.8 Å². The maximum absolute atomic E-state index is 13.0. The van der Waals surface area contributed by atoms with Crippen molar-refractivity contribution >= 4 is 27.3 Å². The van der Waals surface area contributed by atoms with Gasteiger partial charge in [-0.3, -0.25) is 4.79 Å². The third-order valence-electron chi connectivity index (χ3n) is 5.72. The second-order valence-electron chi connectivity index (χ2n) is 7.25. The molecule has 1 unspecified atom stereocenters. The Morgan fingerprint density at radius 3 is 2.62 bits per heavy atom. The second-order valence-corrected chi connectivity index (χ2v) is 10.4. The zero-order valence-corrected chi connectivity index (χ0v) is 17.3. The summed E-state index contributed by atoms with van der Waals surface area (Å²) in [5.74, 6) is -0.126. The summed E-state index contributed by atoms with van der Waals surface area (Å²) in [6, 6.07) is 3.66. The molecule has 0 radical (unpaired) electrons. The van der Waals surface area contributed by atoms with Crippen molar-refractivity contribution in [3.63, 3.8) is 0 Å². The summed E-state index contributed by atoms with van der Waals surface area (Å²) < 4.78 is 27.4. The lowest BCUT2D eigenvalue weighted by Gasteiger charge is -2.39. The quantitative estimate of drug-likeness (QED) is 0.761. The molecule has 3 heterocycles. The first-order chi connectivity index (χ1) is 12.4. The van der Waals surface area contributed by atoms with Gasteiger partial charge in [-0.15, -0.1) is 11.3 Å². The van der Waals surface area contributed by atoms with E-state index in [-0.39, 0.29) is 17.9 Å².